The fourth-order valence-corrected chi connectivity index (χ4v) is 4.69. The molecule has 0 saturated carbocycles. The molecule has 190 valence electrons. The number of rotatable bonds is 9. The summed E-state index contributed by atoms with van der Waals surface area (Å²) >= 11 is 12.3. The minimum atomic E-state index is -3.99. The standard InChI is InChI=1S/C26H19Cl2FN2O5S/c27-17-6-12-25(36-20-4-2-1-3-5-20)23(14-17)30-26(32)16-35-24-13-11-21(15-22(24)28)37(33,34)31-19-9-7-18(29)8-10-19/h1-15,31H,16H2,(H,30,32). The predicted molar refractivity (Wildman–Crippen MR) is 141 cm³/mol. The number of para-hydroxylation sites is 1. The van der Waals surface area contributed by atoms with Gasteiger partial charge in [0.2, 0.25) is 0 Å². The minimum Gasteiger partial charge on any atom is -0.482 e. The van der Waals surface area contributed by atoms with E-state index in [1.807, 2.05) is 18.2 Å². The number of hydrogen-bond donors (Lipinski definition) is 2. The summed E-state index contributed by atoms with van der Waals surface area (Å²) in [6.45, 7) is -0.420. The number of carbonyl (C=O) groups is 1. The number of nitrogens with one attached hydrogen (secondary N) is 2. The Balaban J connectivity index is 1.40. The van der Waals surface area contributed by atoms with Crippen molar-refractivity contribution in [3.63, 3.8) is 0 Å². The first kappa shape index (κ1) is 26.3. The summed E-state index contributed by atoms with van der Waals surface area (Å²) in [5, 5.41) is 3.05. The van der Waals surface area contributed by atoms with Crippen molar-refractivity contribution < 1.29 is 27.1 Å². The van der Waals surface area contributed by atoms with Crippen LogP contribution in [0.25, 0.3) is 0 Å². The van der Waals surface area contributed by atoms with E-state index in [9.17, 15) is 17.6 Å². The van der Waals surface area contributed by atoms with Gasteiger partial charge in [-0.25, -0.2) is 12.8 Å². The highest BCUT2D eigenvalue weighted by Gasteiger charge is 2.17. The molecule has 37 heavy (non-hydrogen) atoms. The molecule has 4 aromatic rings. The van der Waals surface area contributed by atoms with Crippen LogP contribution in [0.3, 0.4) is 0 Å². The highest BCUT2D eigenvalue weighted by atomic mass is 35.5. The van der Waals surface area contributed by atoms with Gasteiger partial charge < -0.3 is 14.8 Å². The first-order valence-corrected chi connectivity index (χ1v) is 13.0. The summed E-state index contributed by atoms with van der Waals surface area (Å²) < 4.78 is 51.9. The number of sulfonamides is 1. The van der Waals surface area contributed by atoms with Crippen molar-refractivity contribution in [2.75, 3.05) is 16.6 Å². The molecule has 0 spiro atoms. The molecule has 1 amide bonds. The maximum Gasteiger partial charge on any atom is 0.262 e. The second kappa shape index (κ2) is 11.5. The van der Waals surface area contributed by atoms with E-state index in [0.717, 1.165) is 12.1 Å². The second-order valence-electron chi connectivity index (χ2n) is 7.60. The molecule has 2 N–H and O–H groups in total. The molecule has 11 heteroatoms. The highest BCUT2D eigenvalue weighted by molar-refractivity contribution is 7.92. The van der Waals surface area contributed by atoms with E-state index in [0.29, 0.717) is 22.2 Å². The fraction of sp³-hybridized carbons (Fsp3) is 0.0385. The van der Waals surface area contributed by atoms with Crippen molar-refractivity contribution >= 4 is 50.5 Å². The molecule has 0 bridgehead atoms. The Morgan fingerprint density at radius 1 is 0.865 bits per heavy atom. The molecule has 0 heterocycles. The van der Waals surface area contributed by atoms with Gasteiger partial charge in [-0.15, -0.1) is 0 Å². The monoisotopic (exact) mass is 560 g/mol. The highest BCUT2D eigenvalue weighted by Crippen LogP contribution is 2.32. The lowest BCUT2D eigenvalue weighted by atomic mass is 10.2. The van der Waals surface area contributed by atoms with Gasteiger partial charge in [0.1, 0.15) is 17.3 Å². The van der Waals surface area contributed by atoms with Crippen LogP contribution in [0.1, 0.15) is 0 Å². The lowest BCUT2D eigenvalue weighted by Crippen LogP contribution is -2.20. The van der Waals surface area contributed by atoms with Gasteiger partial charge in [0.15, 0.2) is 12.4 Å². The molecule has 4 aromatic carbocycles. The fourth-order valence-electron chi connectivity index (χ4n) is 3.13. The SMILES string of the molecule is O=C(COc1ccc(S(=O)(=O)Nc2ccc(F)cc2)cc1Cl)Nc1cc(Cl)ccc1Oc1ccccc1. The van der Waals surface area contributed by atoms with Crippen molar-refractivity contribution in [2.24, 2.45) is 0 Å². The Morgan fingerprint density at radius 3 is 2.27 bits per heavy atom. The van der Waals surface area contributed by atoms with Crippen LogP contribution in [0.15, 0.2) is 95.9 Å². The number of benzene rings is 4. The molecule has 0 aliphatic heterocycles. The topological polar surface area (TPSA) is 93.7 Å². The van der Waals surface area contributed by atoms with Crippen molar-refractivity contribution in [3.8, 4) is 17.2 Å². The summed E-state index contributed by atoms with van der Waals surface area (Å²) in [7, 11) is -3.99. The van der Waals surface area contributed by atoms with E-state index in [-0.39, 0.29) is 21.4 Å². The van der Waals surface area contributed by atoms with Gasteiger partial charge in [0.25, 0.3) is 15.9 Å². The molecule has 7 nitrogen and oxygen atoms in total. The van der Waals surface area contributed by atoms with Gasteiger partial charge in [-0.2, -0.15) is 0 Å². The van der Waals surface area contributed by atoms with Gasteiger partial charge in [-0.05, 0) is 72.8 Å². The van der Waals surface area contributed by atoms with Crippen LogP contribution >= 0.6 is 23.2 Å². The summed E-state index contributed by atoms with van der Waals surface area (Å²) in [6.07, 6.45) is 0. The molecule has 0 saturated heterocycles. The molecule has 0 fully saturated rings. The van der Waals surface area contributed by atoms with Gasteiger partial charge in [-0.3, -0.25) is 9.52 Å². The Hall–Kier alpha value is -3.79. The third kappa shape index (κ3) is 7.13. The molecule has 0 radical (unpaired) electrons. The van der Waals surface area contributed by atoms with Crippen LogP contribution < -0.4 is 19.5 Å². The van der Waals surface area contributed by atoms with E-state index < -0.39 is 28.4 Å². The van der Waals surface area contributed by atoms with Crippen molar-refractivity contribution in [1.29, 1.82) is 0 Å². The largest absolute Gasteiger partial charge is 0.482 e. The van der Waals surface area contributed by atoms with Crippen LogP contribution in [0, 0.1) is 5.82 Å². The first-order valence-electron chi connectivity index (χ1n) is 10.7. The summed E-state index contributed by atoms with van der Waals surface area (Å²) in [5.74, 6) is 0.0414. The van der Waals surface area contributed by atoms with E-state index in [1.165, 1.54) is 30.3 Å². The Kier molecular flexibility index (Phi) is 8.17. The first-order chi connectivity index (χ1) is 17.7. The second-order valence-corrected chi connectivity index (χ2v) is 10.1. The van der Waals surface area contributed by atoms with Crippen LogP contribution in [-0.4, -0.2) is 20.9 Å². The van der Waals surface area contributed by atoms with Gasteiger partial charge in [-0.1, -0.05) is 41.4 Å². The summed E-state index contributed by atoms with van der Waals surface area (Å²) in [4.78, 5) is 12.4. The van der Waals surface area contributed by atoms with Crippen molar-refractivity contribution in [1.82, 2.24) is 0 Å². The van der Waals surface area contributed by atoms with Gasteiger partial charge >= 0.3 is 0 Å². The molecule has 0 atom stereocenters. The lowest BCUT2D eigenvalue weighted by Gasteiger charge is -2.14. The Labute approximate surface area is 222 Å². The zero-order valence-electron chi connectivity index (χ0n) is 19.0. The number of hydrogen-bond acceptors (Lipinski definition) is 5. The van der Waals surface area contributed by atoms with Gasteiger partial charge in [0.05, 0.1) is 15.6 Å². The van der Waals surface area contributed by atoms with E-state index >= 15 is 0 Å². The lowest BCUT2D eigenvalue weighted by molar-refractivity contribution is -0.118. The maximum atomic E-state index is 13.1. The third-order valence-electron chi connectivity index (χ3n) is 4.86. The van der Waals surface area contributed by atoms with Crippen LogP contribution in [0.5, 0.6) is 17.2 Å². The van der Waals surface area contributed by atoms with E-state index in [2.05, 4.69) is 10.0 Å². The molecule has 0 aliphatic rings. The van der Waals surface area contributed by atoms with Gasteiger partial charge in [0, 0.05) is 10.7 Å². The number of halogens is 3. The van der Waals surface area contributed by atoms with E-state index in [4.69, 9.17) is 32.7 Å². The zero-order chi connectivity index (χ0) is 26.4. The summed E-state index contributed by atoms with van der Waals surface area (Å²) in [5.41, 5.74) is 0.524. The smallest absolute Gasteiger partial charge is 0.262 e. The van der Waals surface area contributed by atoms with Crippen molar-refractivity contribution in [3.05, 3.63) is 107 Å². The Morgan fingerprint density at radius 2 is 1.57 bits per heavy atom. The third-order valence-corrected chi connectivity index (χ3v) is 6.76. The average Bonchev–Trinajstić information content (AvgIpc) is 2.87. The number of carbonyl (C=O) groups excluding carboxylic acids is 1. The molecule has 0 aliphatic carbocycles. The van der Waals surface area contributed by atoms with Crippen molar-refractivity contribution in [2.45, 2.75) is 4.90 Å². The maximum absolute atomic E-state index is 13.1. The summed E-state index contributed by atoms with van der Waals surface area (Å²) in [6, 6.07) is 22.5. The normalized spacial score (nSPS) is 11.0. The Bertz CT molecular complexity index is 1520. The molecule has 0 aromatic heterocycles. The van der Waals surface area contributed by atoms with E-state index in [1.54, 1.807) is 30.3 Å². The van der Waals surface area contributed by atoms with Crippen LogP contribution in [0.2, 0.25) is 10.0 Å². The zero-order valence-corrected chi connectivity index (χ0v) is 21.3. The number of anilines is 2. The molecular formula is C26H19Cl2FN2O5S. The number of amides is 1. The van der Waals surface area contributed by atoms with Crippen LogP contribution in [0.4, 0.5) is 15.8 Å². The molecule has 4 rings (SSSR count). The minimum absolute atomic E-state index is 0.0226. The molecule has 0 unspecified atom stereocenters. The quantitative estimate of drug-likeness (QED) is 0.236. The van der Waals surface area contributed by atoms with Crippen LogP contribution in [-0.2, 0) is 14.8 Å². The average molecular weight is 561 g/mol. The predicted octanol–water partition coefficient (Wildman–Crippen LogP) is 6.74. The number of ether oxygens (including phenoxy) is 2. The molecular weight excluding hydrogens is 542 g/mol.